The number of phenolic OH excluding ortho intramolecular Hbond substituents is 1. The summed E-state index contributed by atoms with van der Waals surface area (Å²) >= 11 is 0. The van der Waals surface area contributed by atoms with Gasteiger partial charge in [-0.05, 0) is 37.1 Å². The van der Waals surface area contributed by atoms with E-state index in [1.54, 1.807) is 24.3 Å². The molecule has 0 bridgehead atoms. The average molecular weight is 251 g/mol. The van der Waals surface area contributed by atoms with E-state index in [4.69, 9.17) is 9.57 Å². The van der Waals surface area contributed by atoms with Crippen LogP contribution in [0.2, 0.25) is 0 Å². The lowest BCUT2D eigenvalue weighted by atomic mass is 10.1. The number of phenols is 1. The van der Waals surface area contributed by atoms with Gasteiger partial charge in [0.25, 0.3) is 0 Å². The Morgan fingerprint density at radius 1 is 1.44 bits per heavy atom. The molecule has 1 N–H and O–H groups in total. The summed E-state index contributed by atoms with van der Waals surface area (Å²) < 4.78 is 5.41. The number of hydrogen-bond donors (Lipinski definition) is 1. The number of benzene rings is 1. The van der Waals surface area contributed by atoms with Crippen LogP contribution in [0.1, 0.15) is 25.8 Å². The third kappa shape index (κ3) is 3.96. The van der Waals surface area contributed by atoms with E-state index in [0.717, 1.165) is 17.7 Å². The van der Waals surface area contributed by atoms with Crippen molar-refractivity contribution < 1.29 is 14.7 Å². The Bertz CT molecular complexity index is 416. The summed E-state index contributed by atoms with van der Waals surface area (Å²) in [6, 6.07) is 5.35. The maximum Gasteiger partial charge on any atom is 0.160 e. The molecule has 1 aromatic carbocycles. The van der Waals surface area contributed by atoms with Gasteiger partial charge < -0.3 is 9.84 Å². The van der Waals surface area contributed by atoms with Crippen LogP contribution < -0.4 is 4.74 Å². The molecule has 0 heterocycles. The van der Waals surface area contributed by atoms with Crippen LogP contribution in [0.3, 0.4) is 0 Å². The minimum absolute atomic E-state index is 0.157. The molecule has 0 saturated carbocycles. The van der Waals surface area contributed by atoms with Gasteiger partial charge in [0.1, 0.15) is 0 Å². The van der Waals surface area contributed by atoms with Crippen LogP contribution in [-0.4, -0.2) is 30.9 Å². The standard InChI is InChI=1S/C14H21NO3/c1-5-8-18-14-7-6-12(10-13(14)16)9-11(2)15(3)17-4/h6-7,9-10,16H,5,8H2,1-4H3. The minimum Gasteiger partial charge on any atom is -0.504 e. The predicted molar refractivity (Wildman–Crippen MR) is 72.3 cm³/mol. The number of ether oxygens (including phenoxy) is 1. The number of hydrogen-bond acceptors (Lipinski definition) is 4. The zero-order valence-corrected chi connectivity index (χ0v) is 11.4. The van der Waals surface area contributed by atoms with Crippen LogP contribution in [0, 0.1) is 0 Å². The molecular weight excluding hydrogens is 230 g/mol. The van der Waals surface area contributed by atoms with Crippen LogP contribution >= 0.6 is 0 Å². The van der Waals surface area contributed by atoms with E-state index in [9.17, 15) is 5.11 Å². The molecule has 4 heteroatoms. The maximum atomic E-state index is 9.83. The Kier molecular flexibility index (Phi) is 5.52. The third-order valence-electron chi connectivity index (χ3n) is 2.59. The molecule has 4 nitrogen and oxygen atoms in total. The summed E-state index contributed by atoms with van der Waals surface area (Å²) in [7, 11) is 3.43. The van der Waals surface area contributed by atoms with Gasteiger partial charge in [-0.3, -0.25) is 9.90 Å². The Balaban J connectivity index is 2.84. The van der Waals surface area contributed by atoms with Gasteiger partial charge in [-0.25, -0.2) is 0 Å². The topological polar surface area (TPSA) is 41.9 Å². The Morgan fingerprint density at radius 2 is 2.17 bits per heavy atom. The molecule has 0 aromatic heterocycles. The fourth-order valence-corrected chi connectivity index (χ4v) is 1.43. The van der Waals surface area contributed by atoms with Gasteiger partial charge in [-0.2, -0.15) is 0 Å². The van der Waals surface area contributed by atoms with E-state index in [0.29, 0.717) is 12.4 Å². The van der Waals surface area contributed by atoms with Crippen molar-refractivity contribution in [2.24, 2.45) is 0 Å². The third-order valence-corrected chi connectivity index (χ3v) is 2.59. The maximum absolute atomic E-state index is 9.83. The van der Waals surface area contributed by atoms with Crippen molar-refractivity contribution in [1.82, 2.24) is 5.06 Å². The highest BCUT2D eigenvalue weighted by molar-refractivity contribution is 5.57. The lowest BCUT2D eigenvalue weighted by Gasteiger charge is -2.16. The average Bonchev–Trinajstić information content (AvgIpc) is 2.36. The highest BCUT2D eigenvalue weighted by Crippen LogP contribution is 2.28. The van der Waals surface area contributed by atoms with Crippen LogP contribution in [0.15, 0.2) is 23.9 Å². The Morgan fingerprint density at radius 3 is 2.72 bits per heavy atom. The molecule has 0 saturated heterocycles. The van der Waals surface area contributed by atoms with Gasteiger partial charge >= 0.3 is 0 Å². The monoisotopic (exact) mass is 251 g/mol. The van der Waals surface area contributed by atoms with E-state index in [-0.39, 0.29) is 5.75 Å². The fourth-order valence-electron chi connectivity index (χ4n) is 1.43. The van der Waals surface area contributed by atoms with Crippen molar-refractivity contribution in [2.75, 3.05) is 20.8 Å². The van der Waals surface area contributed by atoms with Gasteiger partial charge in [0.15, 0.2) is 11.5 Å². The van der Waals surface area contributed by atoms with Crippen LogP contribution in [0.4, 0.5) is 0 Å². The second-order valence-electron chi connectivity index (χ2n) is 4.04. The zero-order chi connectivity index (χ0) is 13.5. The van der Waals surface area contributed by atoms with E-state index in [1.807, 2.05) is 33.0 Å². The lowest BCUT2D eigenvalue weighted by Crippen LogP contribution is -2.13. The fraction of sp³-hybridized carbons (Fsp3) is 0.429. The zero-order valence-electron chi connectivity index (χ0n) is 11.4. The number of allylic oxidation sites excluding steroid dienone is 1. The molecule has 18 heavy (non-hydrogen) atoms. The number of rotatable bonds is 6. The molecule has 0 aliphatic carbocycles. The lowest BCUT2D eigenvalue weighted by molar-refractivity contribution is -0.0758. The highest BCUT2D eigenvalue weighted by atomic mass is 16.7. The molecule has 0 radical (unpaired) electrons. The largest absolute Gasteiger partial charge is 0.504 e. The molecule has 1 rings (SSSR count). The second kappa shape index (κ2) is 6.91. The molecule has 0 atom stereocenters. The second-order valence-corrected chi connectivity index (χ2v) is 4.04. The van der Waals surface area contributed by atoms with Gasteiger partial charge in [-0.15, -0.1) is 0 Å². The molecule has 1 aromatic rings. The van der Waals surface area contributed by atoms with Crippen LogP contribution in [0.5, 0.6) is 11.5 Å². The first-order valence-electron chi connectivity index (χ1n) is 6.00. The number of hydroxylamine groups is 2. The normalized spacial score (nSPS) is 11.4. The molecule has 0 unspecified atom stereocenters. The van der Waals surface area contributed by atoms with Gasteiger partial charge in [0.05, 0.1) is 13.7 Å². The van der Waals surface area contributed by atoms with Crippen LogP contribution in [0.25, 0.3) is 6.08 Å². The Hall–Kier alpha value is -1.68. The molecule has 0 spiro atoms. The molecule has 0 aliphatic rings. The number of aromatic hydroxyl groups is 1. The quantitative estimate of drug-likeness (QED) is 0.789. The first kappa shape index (κ1) is 14.4. The molecule has 0 amide bonds. The summed E-state index contributed by atoms with van der Waals surface area (Å²) in [5.74, 6) is 0.678. The highest BCUT2D eigenvalue weighted by Gasteiger charge is 2.03. The van der Waals surface area contributed by atoms with Crippen molar-refractivity contribution in [3.05, 3.63) is 29.5 Å². The minimum atomic E-state index is 0.157. The summed E-state index contributed by atoms with van der Waals surface area (Å²) in [5.41, 5.74) is 1.84. The first-order chi connectivity index (χ1) is 8.58. The van der Waals surface area contributed by atoms with Crippen molar-refractivity contribution in [1.29, 1.82) is 0 Å². The first-order valence-corrected chi connectivity index (χ1v) is 6.00. The summed E-state index contributed by atoms with van der Waals surface area (Å²) in [4.78, 5) is 5.07. The van der Waals surface area contributed by atoms with Crippen molar-refractivity contribution in [3.63, 3.8) is 0 Å². The molecule has 100 valence electrons. The van der Waals surface area contributed by atoms with Crippen molar-refractivity contribution >= 4 is 6.08 Å². The van der Waals surface area contributed by atoms with E-state index in [2.05, 4.69) is 0 Å². The van der Waals surface area contributed by atoms with E-state index < -0.39 is 0 Å². The Labute approximate surface area is 108 Å². The summed E-state index contributed by atoms with van der Waals surface area (Å²) in [6.45, 7) is 4.56. The predicted octanol–water partition coefficient (Wildman–Crippen LogP) is 3.04. The van der Waals surface area contributed by atoms with Gasteiger partial charge in [0, 0.05) is 12.7 Å². The molecule has 0 fully saturated rings. The SMILES string of the molecule is CCCOc1ccc(C=C(C)N(C)OC)cc1O. The van der Waals surface area contributed by atoms with E-state index >= 15 is 0 Å². The van der Waals surface area contributed by atoms with Crippen molar-refractivity contribution in [3.8, 4) is 11.5 Å². The van der Waals surface area contributed by atoms with Crippen molar-refractivity contribution in [2.45, 2.75) is 20.3 Å². The van der Waals surface area contributed by atoms with Crippen LogP contribution in [-0.2, 0) is 4.84 Å². The van der Waals surface area contributed by atoms with E-state index in [1.165, 1.54) is 0 Å². The number of nitrogens with zero attached hydrogens (tertiary/aromatic N) is 1. The van der Waals surface area contributed by atoms with Gasteiger partial charge in [0.2, 0.25) is 0 Å². The smallest absolute Gasteiger partial charge is 0.160 e. The summed E-state index contributed by atoms with van der Waals surface area (Å²) in [5, 5.41) is 11.5. The summed E-state index contributed by atoms with van der Waals surface area (Å²) in [6.07, 6.45) is 2.84. The molecular formula is C14H21NO3. The van der Waals surface area contributed by atoms with Gasteiger partial charge in [-0.1, -0.05) is 13.0 Å². The molecule has 0 aliphatic heterocycles.